The Balaban J connectivity index is 2.26. The molecule has 0 fully saturated rings. The van der Waals surface area contributed by atoms with Gasteiger partial charge in [-0.2, -0.15) is 0 Å². The third kappa shape index (κ3) is 10.9. The van der Waals surface area contributed by atoms with Crippen molar-refractivity contribution in [2.45, 2.75) is 90.4 Å². The molecule has 0 saturated heterocycles. The zero-order valence-electron chi connectivity index (χ0n) is 17.7. The van der Waals surface area contributed by atoms with Crippen molar-refractivity contribution in [1.82, 2.24) is 4.90 Å². The van der Waals surface area contributed by atoms with Crippen molar-refractivity contribution in [2.75, 3.05) is 13.6 Å². The summed E-state index contributed by atoms with van der Waals surface area (Å²) in [7, 11) is 2.10. The average Bonchev–Trinajstić information content (AvgIpc) is 2.53. The molecule has 1 aromatic rings. The average molecular weight is 364 g/mol. The highest BCUT2D eigenvalue weighted by atomic mass is 16.3. The summed E-state index contributed by atoms with van der Waals surface area (Å²) < 4.78 is 0. The first-order valence-corrected chi connectivity index (χ1v) is 10.3. The maximum Gasteiger partial charge on any atom is 0.0632 e. The predicted molar refractivity (Wildman–Crippen MR) is 111 cm³/mol. The third-order valence-corrected chi connectivity index (χ3v) is 5.25. The first kappa shape index (κ1) is 23.1. The van der Waals surface area contributed by atoms with Crippen LogP contribution in [0.5, 0.6) is 0 Å². The number of benzene rings is 1. The van der Waals surface area contributed by atoms with Crippen LogP contribution in [0.25, 0.3) is 0 Å². The maximum atomic E-state index is 10.7. The molecule has 0 heterocycles. The van der Waals surface area contributed by atoms with E-state index in [1.165, 1.54) is 12.0 Å². The van der Waals surface area contributed by atoms with Gasteiger partial charge in [0, 0.05) is 13.1 Å². The molecule has 0 spiro atoms. The van der Waals surface area contributed by atoms with Gasteiger partial charge in [-0.25, -0.2) is 0 Å². The molecule has 3 heteroatoms. The van der Waals surface area contributed by atoms with Crippen molar-refractivity contribution in [1.29, 1.82) is 0 Å². The molecule has 0 aliphatic heterocycles. The Morgan fingerprint density at radius 2 is 1.42 bits per heavy atom. The summed E-state index contributed by atoms with van der Waals surface area (Å²) in [6, 6.07) is 10.4. The van der Waals surface area contributed by atoms with E-state index in [1.54, 1.807) is 0 Å². The highest BCUT2D eigenvalue weighted by Crippen LogP contribution is 2.25. The zero-order chi connectivity index (χ0) is 19.6. The highest BCUT2D eigenvalue weighted by molar-refractivity contribution is 5.14. The van der Waals surface area contributed by atoms with E-state index in [2.05, 4.69) is 50.1 Å². The number of hydrogen-bond acceptors (Lipinski definition) is 3. The molecule has 2 atom stereocenters. The molecule has 0 aliphatic rings. The molecule has 2 N–H and O–H groups in total. The molecule has 0 aliphatic carbocycles. The van der Waals surface area contributed by atoms with Gasteiger partial charge in [0.2, 0.25) is 0 Å². The SMILES string of the molecule is CC(C)CCCC(C)(O)CCCC(C)(O)CCN(C)Cc1ccccc1. The molecule has 0 amide bonds. The minimum atomic E-state index is -0.668. The van der Waals surface area contributed by atoms with E-state index in [0.717, 1.165) is 51.6 Å². The largest absolute Gasteiger partial charge is 0.390 e. The van der Waals surface area contributed by atoms with Crippen LogP contribution in [0.4, 0.5) is 0 Å². The summed E-state index contributed by atoms with van der Waals surface area (Å²) in [6.45, 7) is 10.1. The number of rotatable bonds is 13. The van der Waals surface area contributed by atoms with Crippen LogP contribution in [0, 0.1) is 5.92 Å². The van der Waals surface area contributed by atoms with Gasteiger partial charge in [0.05, 0.1) is 11.2 Å². The topological polar surface area (TPSA) is 43.7 Å². The lowest BCUT2D eigenvalue weighted by molar-refractivity contribution is 0.00802. The van der Waals surface area contributed by atoms with E-state index in [9.17, 15) is 10.2 Å². The quantitative estimate of drug-likeness (QED) is 0.518. The lowest BCUT2D eigenvalue weighted by Crippen LogP contribution is -2.32. The Kier molecular flexibility index (Phi) is 9.84. The summed E-state index contributed by atoms with van der Waals surface area (Å²) in [5, 5.41) is 21.2. The second kappa shape index (κ2) is 11.1. The van der Waals surface area contributed by atoms with Gasteiger partial charge in [0.1, 0.15) is 0 Å². The van der Waals surface area contributed by atoms with E-state index >= 15 is 0 Å². The van der Waals surface area contributed by atoms with Crippen molar-refractivity contribution in [3.8, 4) is 0 Å². The van der Waals surface area contributed by atoms with Crippen LogP contribution in [-0.2, 0) is 6.54 Å². The van der Waals surface area contributed by atoms with Gasteiger partial charge in [0.25, 0.3) is 0 Å². The van der Waals surface area contributed by atoms with E-state index < -0.39 is 11.2 Å². The van der Waals surface area contributed by atoms with Gasteiger partial charge in [0.15, 0.2) is 0 Å². The first-order valence-electron chi connectivity index (χ1n) is 10.3. The Labute approximate surface area is 161 Å². The van der Waals surface area contributed by atoms with Gasteiger partial charge in [-0.3, -0.25) is 0 Å². The maximum absolute atomic E-state index is 10.7. The van der Waals surface area contributed by atoms with Crippen molar-refractivity contribution < 1.29 is 10.2 Å². The van der Waals surface area contributed by atoms with E-state index in [1.807, 2.05) is 19.9 Å². The summed E-state index contributed by atoms with van der Waals surface area (Å²) in [4.78, 5) is 2.26. The van der Waals surface area contributed by atoms with Crippen molar-refractivity contribution >= 4 is 0 Å². The van der Waals surface area contributed by atoms with Crippen LogP contribution in [0.1, 0.15) is 78.2 Å². The number of nitrogens with zero attached hydrogens (tertiary/aromatic N) is 1. The van der Waals surface area contributed by atoms with Gasteiger partial charge >= 0.3 is 0 Å². The first-order chi connectivity index (χ1) is 12.1. The molecule has 150 valence electrons. The Morgan fingerprint density at radius 3 is 2.00 bits per heavy atom. The molecule has 0 saturated carbocycles. The summed E-state index contributed by atoms with van der Waals surface area (Å²) in [6.07, 6.45) is 6.23. The molecule has 0 radical (unpaired) electrons. The van der Waals surface area contributed by atoms with Gasteiger partial charge in [-0.05, 0) is 64.5 Å². The molecule has 0 aromatic heterocycles. The van der Waals surface area contributed by atoms with Crippen molar-refractivity contribution in [2.24, 2.45) is 5.92 Å². The molecular formula is C23H41NO2. The predicted octanol–water partition coefficient (Wildman–Crippen LogP) is 5.01. The fourth-order valence-corrected chi connectivity index (χ4v) is 3.40. The second-order valence-corrected chi connectivity index (χ2v) is 9.11. The second-order valence-electron chi connectivity index (χ2n) is 9.11. The lowest BCUT2D eigenvalue weighted by atomic mass is 9.87. The minimum absolute atomic E-state index is 0.602. The monoisotopic (exact) mass is 363 g/mol. The lowest BCUT2D eigenvalue weighted by Gasteiger charge is -2.29. The van der Waals surface area contributed by atoms with Gasteiger partial charge in [-0.1, -0.05) is 57.0 Å². The Hall–Kier alpha value is -0.900. The van der Waals surface area contributed by atoms with E-state index in [0.29, 0.717) is 5.92 Å². The van der Waals surface area contributed by atoms with Crippen LogP contribution < -0.4 is 0 Å². The third-order valence-electron chi connectivity index (χ3n) is 5.25. The fraction of sp³-hybridized carbons (Fsp3) is 0.739. The fourth-order valence-electron chi connectivity index (χ4n) is 3.40. The molecule has 1 aromatic carbocycles. The van der Waals surface area contributed by atoms with Crippen LogP contribution in [0.15, 0.2) is 30.3 Å². The summed E-state index contributed by atoms with van der Waals surface area (Å²) in [5.41, 5.74) is 0.0284. The Bertz CT molecular complexity index is 482. The van der Waals surface area contributed by atoms with Crippen molar-refractivity contribution in [3.63, 3.8) is 0 Å². The van der Waals surface area contributed by atoms with Crippen LogP contribution in [-0.4, -0.2) is 39.9 Å². The summed E-state index contributed by atoms with van der Waals surface area (Å²) >= 11 is 0. The van der Waals surface area contributed by atoms with Gasteiger partial charge < -0.3 is 15.1 Å². The zero-order valence-corrected chi connectivity index (χ0v) is 17.7. The van der Waals surface area contributed by atoms with E-state index in [-0.39, 0.29) is 0 Å². The summed E-state index contributed by atoms with van der Waals surface area (Å²) in [5.74, 6) is 0.694. The molecule has 3 nitrogen and oxygen atoms in total. The molecule has 26 heavy (non-hydrogen) atoms. The minimum Gasteiger partial charge on any atom is -0.390 e. The highest BCUT2D eigenvalue weighted by Gasteiger charge is 2.24. The van der Waals surface area contributed by atoms with Crippen LogP contribution >= 0.6 is 0 Å². The number of aliphatic hydroxyl groups is 2. The molecule has 2 unspecified atom stereocenters. The molecular weight excluding hydrogens is 322 g/mol. The molecule has 0 bridgehead atoms. The van der Waals surface area contributed by atoms with Crippen LogP contribution in [0.3, 0.4) is 0 Å². The van der Waals surface area contributed by atoms with Crippen molar-refractivity contribution in [3.05, 3.63) is 35.9 Å². The van der Waals surface area contributed by atoms with Crippen LogP contribution in [0.2, 0.25) is 0 Å². The molecule has 1 rings (SSSR count). The standard InChI is InChI=1S/C23H41NO2/c1-20(2)11-9-14-22(3,25)15-10-16-23(4,26)17-18-24(5)19-21-12-7-6-8-13-21/h6-8,12-13,20,25-26H,9-11,14-19H2,1-5H3. The smallest absolute Gasteiger partial charge is 0.0632 e. The van der Waals surface area contributed by atoms with E-state index in [4.69, 9.17) is 0 Å². The Morgan fingerprint density at radius 1 is 0.885 bits per heavy atom. The van der Waals surface area contributed by atoms with Gasteiger partial charge in [-0.15, -0.1) is 0 Å². The normalized spacial score (nSPS) is 16.7. The number of hydrogen-bond donors (Lipinski definition) is 2.